The molecule has 33 heavy (non-hydrogen) atoms. The van der Waals surface area contributed by atoms with Gasteiger partial charge < -0.3 is 15.1 Å². The number of pyridine rings is 1. The van der Waals surface area contributed by atoms with Crippen LogP contribution in [0.2, 0.25) is 0 Å². The highest BCUT2D eigenvalue weighted by atomic mass is 19.4. The van der Waals surface area contributed by atoms with Crippen LogP contribution in [0.15, 0.2) is 42.6 Å². The number of carbonyl (C=O) groups is 2. The van der Waals surface area contributed by atoms with Gasteiger partial charge in [0.15, 0.2) is 0 Å². The van der Waals surface area contributed by atoms with Crippen LogP contribution in [0.1, 0.15) is 24.8 Å². The molecule has 1 aromatic carbocycles. The molecule has 176 valence electrons. The maximum absolute atomic E-state index is 12.7. The molecule has 2 fully saturated rings. The first-order chi connectivity index (χ1) is 15.8. The van der Waals surface area contributed by atoms with Gasteiger partial charge in [0.1, 0.15) is 5.82 Å². The second-order valence-corrected chi connectivity index (χ2v) is 8.23. The quantitative estimate of drug-likeness (QED) is 0.715. The lowest BCUT2D eigenvalue weighted by Gasteiger charge is -2.35. The number of anilines is 3. The summed E-state index contributed by atoms with van der Waals surface area (Å²) in [6, 6.07) is 9.73. The second kappa shape index (κ2) is 9.78. The van der Waals surface area contributed by atoms with Crippen molar-refractivity contribution < 1.29 is 22.8 Å². The van der Waals surface area contributed by atoms with Crippen LogP contribution in [-0.4, -0.2) is 61.0 Å². The number of alkyl halides is 3. The molecule has 0 saturated carbocycles. The highest BCUT2D eigenvalue weighted by Gasteiger charge is 2.31. The molecule has 0 spiro atoms. The molecule has 1 N–H and O–H groups in total. The minimum Gasteiger partial charge on any atom is -0.354 e. The third kappa shape index (κ3) is 5.81. The summed E-state index contributed by atoms with van der Waals surface area (Å²) < 4.78 is 38.1. The molecule has 2 amide bonds. The van der Waals surface area contributed by atoms with Gasteiger partial charge in [-0.2, -0.15) is 13.2 Å². The maximum Gasteiger partial charge on any atom is 0.417 e. The number of amides is 2. The number of halogens is 3. The van der Waals surface area contributed by atoms with Crippen LogP contribution in [0.4, 0.5) is 30.4 Å². The highest BCUT2D eigenvalue weighted by molar-refractivity contribution is 5.96. The van der Waals surface area contributed by atoms with E-state index in [1.165, 1.54) is 6.07 Å². The number of nitrogens with zero attached hydrogens (tertiary/aromatic N) is 4. The number of nitrogens with one attached hydrogen (secondary N) is 1. The third-order valence-electron chi connectivity index (χ3n) is 5.96. The van der Waals surface area contributed by atoms with Gasteiger partial charge in [-0.05, 0) is 42.8 Å². The standard InChI is InChI=1S/C23H26F3N5O2/c24-23(25,26)17-3-8-20(27-16-17)30-14-12-29(13-15-30)11-9-21(32)28-18-4-6-19(7-5-18)31-10-1-2-22(31)33/h3-8,16H,1-2,9-15H2,(H,28,32). The van der Waals surface area contributed by atoms with Gasteiger partial charge in [0.05, 0.1) is 5.56 Å². The van der Waals surface area contributed by atoms with Gasteiger partial charge >= 0.3 is 6.18 Å². The van der Waals surface area contributed by atoms with E-state index in [-0.39, 0.29) is 11.8 Å². The Morgan fingerprint density at radius 1 is 1.00 bits per heavy atom. The largest absolute Gasteiger partial charge is 0.417 e. The van der Waals surface area contributed by atoms with Crippen molar-refractivity contribution in [2.24, 2.45) is 0 Å². The number of hydrogen-bond acceptors (Lipinski definition) is 5. The predicted molar refractivity (Wildman–Crippen MR) is 119 cm³/mol. The molecule has 0 unspecified atom stereocenters. The van der Waals surface area contributed by atoms with E-state index in [9.17, 15) is 22.8 Å². The van der Waals surface area contributed by atoms with Gasteiger partial charge in [-0.3, -0.25) is 14.5 Å². The van der Waals surface area contributed by atoms with Crippen molar-refractivity contribution in [1.29, 1.82) is 0 Å². The molecule has 2 saturated heterocycles. The third-order valence-corrected chi connectivity index (χ3v) is 5.96. The Kier molecular flexibility index (Phi) is 6.83. The van der Waals surface area contributed by atoms with Crippen LogP contribution >= 0.6 is 0 Å². The normalized spacial score (nSPS) is 17.5. The topological polar surface area (TPSA) is 68.8 Å². The molecule has 2 aliphatic heterocycles. The Bertz CT molecular complexity index is 971. The van der Waals surface area contributed by atoms with E-state index in [4.69, 9.17) is 0 Å². The number of hydrogen-bond donors (Lipinski definition) is 1. The molecule has 0 radical (unpaired) electrons. The van der Waals surface area contributed by atoms with Gasteiger partial charge in [0.2, 0.25) is 11.8 Å². The lowest BCUT2D eigenvalue weighted by Crippen LogP contribution is -2.47. The van der Waals surface area contributed by atoms with Crippen LogP contribution < -0.4 is 15.1 Å². The van der Waals surface area contributed by atoms with Gasteiger partial charge in [0.25, 0.3) is 0 Å². The Balaban J connectivity index is 1.20. The van der Waals surface area contributed by atoms with Crippen molar-refractivity contribution in [3.8, 4) is 0 Å². The van der Waals surface area contributed by atoms with E-state index in [1.54, 1.807) is 17.0 Å². The monoisotopic (exact) mass is 461 g/mol. The van der Waals surface area contributed by atoms with Crippen LogP contribution in [0.25, 0.3) is 0 Å². The van der Waals surface area contributed by atoms with Crippen LogP contribution in [0.5, 0.6) is 0 Å². The number of rotatable bonds is 6. The average molecular weight is 461 g/mol. The first-order valence-electron chi connectivity index (χ1n) is 11.0. The summed E-state index contributed by atoms with van der Waals surface area (Å²) in [5.41, 5.74) is 0.777. The first-order valence-corrected chi connectivity index (χ1v) is 11.0. The number of piperazine rings is 1. The number of carbonyl (C=O) groups excluding carboxylic acids is 2. The van der Waals surface area contributed by atoms with Crippen molar-refractivity contribution in [1.82, 2.24) is 9.88 Å². The smallest absolute Gasteiger partial charge is 0.354 e. The van der Waals surface area contributed by atoms with E-state index in [2.05, 4.69) is 15.2 Å². The molecule has 7 nitrogen and oxygen atoms in total. The lowest BCUT2D eigenvalue weighted by atomic mass is 10.2. The van der Waals surface area contributed by atoms with E-state index < -0.39 is 11.7 Å². The molecule has 2 aromatic rings. The minimum atomic E-state index is -4.39. The van der Waals surface area contributed by atoms with Crippen molar-refractivity contribution in [2.45, 2.75) is 25.4 Å². The van der Waals surface area contributed by atoms with Crippen molar-refractivity contribution in [3.63, 3.8) is 0 Å². The molecule has 2 aliphatic rings. The van der Waals surface area contributed by atoms with Crippen LogP contribution in [0.3, 0.4) is 0 Å². The van der Waals surface area contributed by atoms with Gasteiger partial charge in [-0.1, -0.05) is 0 Å². The lowest BCUT2D eigenvalue weighted by molar-refractivity contribution is -0.137. The zero-order valence-corrected chi connectivity index (χ0v) is 18.1. The maximum atomic E-state index is 12.7. The molecule has 4 rings (SSSR count). The molecule has 10 heteroatoms. The van der Waals surface area contributed by atoms with Crippen LogP contribution in [0, 0.1) is 0 Å². The average Bonchev–Trinajstić information content (AvgIpc) is 3.24. The van der Waals surface area contributed by atoms with Gasteiger partial charge in [0, 0.05) is 69.7 Å². The molecule has 1 aromatic heterocycles. The molecule has 0 atom stereocenters. The van der Waals surface area contributed by atoms with Gasteiger partial charge in [-0.25, -0.2) is 4.98 Å². The highest BCUT2D eigenvalue weighted by Crippen LogP contribution is 2.29. The molecular weight excluding hydrogens is 435 g/mol. The number of aromatic nitrogens is 1. The zero-order valence-electron chi connectivity index (χ0n) is 18.1. The molecule has 0 bridgehead atoms. The zero-order chi connectivity index (χ0) is 23.4. The van der Waals surface area contributed by atoms with Crippen molar-refractivity contribution in [3.05, 3.63) is 48.2 Å². The Hall–Kier alpha value is -3.14. The first kappa shape index (κ1) is 23.0. The summed E-state index contributed by atoms with van der Waals surface area (Å²) in [5.74, 6) is 0.562. The second-order valence-electron chi connectivity index (χ2n) is 8.23. The molecular formula is C23H26F3N5O2. The summed E-state index contributed by atoms with van der Waals surface area (Å²) >= 11 is 0. The minimum absolute atomic E-state index is 0.0909. The summed E-state index contributed by atoms with van der Waals surface area (Å²) in [6.07, 6.45) is -1.74. The van der Waals surface area contributed by atoms with E-state index in [1.807, 2.05) is 17.0 Å². The SMILES string of the molecule is O=C(CCN1CCN(c2ccc(C(F)(F)F)cn2)CC1)Nc1ccc(N2CCCC2=O)cc1. The van der Waals surface area contributed by atoms with E-state index in [0.717, 1.165) is 30.9 Å². The fourth-order valence-corrected chi connectivity index (χ4v) is 4.07. The van der Waals surface area contributed by atoms with Gasteiger partial charge in [-0.15, -0.1) is 0 Å². The van der Waals surface area contributed by atoms with E-state index >= 15 is 0 Å². The Morgan fingerprint density at radius 3 is 2.30 bits per heavy atom. The van der Waals surface area contributed by atoms with E-state index in [0.29, 0.717) is 57.1 Å². The summed E-state index contributed by atoms with van der Waals surface area (Å²) in [6.45, 7) is 4.00. The number of benzene rings is 1. The molecule has 3 heterocycles. The fraction of sp³-hybridized carbons (Fsp3) is 0.435. The predicted octanol–water partition coefficient (Wildman–Crippen LogP) is 3.38. The Labute approximate surface area is 190 Å². The summed E-state index contributed by atoms with van der Waals surface area (Å²) in [5, 5.41) is 2.88. The summed E-state index contributed by atoms with van der Waals surface area (Å²) in [4.78, 5) is 34.0. The van der Waals surface area contributed by atoms with Crippen molar-refractivity contribution in [2.75, 3.05) is 54.4 Å². The Morgan fingerprint density at radius 2 is 1.73 bits per heavy atom. The summed E-state index contributed by atoms with van der Waals surface area (Å²) in [7, 11) is 0. The fourth-order valence-electron chi connectivity index (χ4n) is 4.07. The van der Waals surface area contributed by atoms with Crippen LogP contribution in [-0.2, 0) is 15.8 Å². The van der Waals surface area contributed by atoms with Crippen molar-refractivity contribution >= 4 is 29.0 Å². The molecule has 0 aliphatic carbocycles.